The number of nitrogen functional groups attached to an aromatic ring is 1. The summed E-state index contributed by atoms with van der Waals surface area (Å²) in [6.07, 6.45) is 1.11. The lowest BCUT2D eigenvalue weighted by Crippen LogP contribution is -2.39. The smallest absolute Gasteiger partial charge is 0.244 e. The maximum absolute atomic E-state index is 13.5. The first kappa shape index (κ1) is 12.3. The maximum Gasteiger partial charge on any atom is 0.244 e. The van der Waals surface area contributed by atoms with Gasteiger partial charge in [0.05, 0.1) is 12.1 Å². The zero-order valence-corrected chi connectivity index (χ0v) is 9.80. The van der Waals surface area contributed by atoms with Crippen LogP contribution in [0.2, 0.25) is 0 Å². The summed E-state index contributed by atoms with van der Waals surface area (Å²) in [7, 11) is -3.96. The lowest BCUT2D eigenvalue weighted by atomic mass is 10.3. The first-order valence-electron chi connectivity index (χ1n) is 5.08. The van der Waals surface area contributed by atoms with Gasteiger partial charge in [0.25, 0.3) is 0 Å². The van der Waals surface area contributed by atoms with Gasteiger partial charge in [0.1, 0.15) is 10.7 Å². The van der Waals surface area contributed by atoms with Gasteiger partial charge in [-0.3, -0.25) is 0 Å². The number of halogens is 1. The van der Waals surface area contributed by atoms with E-state index in [1.807, 2.05) is 0 Å². The summed E-state index contributed by atoms with van der Waals surface area (Å²) in [5.74, 6) is -0.897. The van der Waals surface area contributed by atoms with Gasteiger partial charge in [-0.15, -0.1) is 0 Å². The number of nitrogens with one attached hydrogen (secondary N) is 1. The van der Waals surface area contributed by atoms with Crippen molar-refractivity contribution in [3.63, 3.8) is 0 Å². The third kappa shape index (κ3) is 2.41. The number of benzene rings is 1. The van der Waals surface area contributed by atoms with Crippen molar-refractivity contribution in [1.82, 2.24) is 4.72 Å². The molecule has 1 aromatic rings. The molecule has 5 nitrogen and oxygen atoms in total. The number of sulfonamides is 1. The van der Waals surface area contributed by atoms with E-state index in [-0.39, 0.29) is 12.3 Å². The fourth-order valence-electron chi connectivity index (χ4n) is 1.52. The fraction of sp³-hybridized carbons (Fsp3) is 0.400. The van der Waals surface area contributed by atoms with E-state index in [1.165, 1.54) is 6.07 Å². The van der Waals surface area contributed by atoms with Crippen LogP contribution in [-0.4, -0.2) is 25.7 Å². The molecule has 94 valence electrons. The molecule has 0 aromatic heterocycles. The Hall–Kier alpha value is -1.18. The summed E-state index contributed by atoms with van der Waals surface area (Å²) in [6.45, 7) is -0.289. The van der Waals surface area contributed by atoms with Crippen molar-refractivity contribution in [1.29, 1.82) is 0 Å². The predicted octanol–water partition coefficient (Wildman–Crippen LogP) is 0.211. The SMILES string of the molecule is Nc1ccc(S(=O)(=O)NC2(CO)CC2)c(F)c1. The highest BCUT2D eigenvalue weighted by Gasteiger charge is 2.45. The molecular formula is C10H13FN2O3S. The molecule has 0 amide bonds. The Kier molecular flexibility index (Phi) is 2.84. The Morgan fingerprint density at radius 2 is 2.12 bits per heavy atom. The predicted molar refractivity (Wildman–Crippen MR) is 60.2 cm³/mol. The summed E-state index contributed by atoms with van der Waals surface area (Å²) >= 11 is 0. The lowest BCUT2D eigenvalue weighted by molar-refractivity contribution is 0.246. The van der Waals surface area contributed by atoms with Gasteiger partial charge in [0, 0.05) is 5.69 Å². The lowest BCUT2D eigenvalue weighted by Gasteiger charge is -2.15. The molecule has 0 atom stereocenters. The van der Waals surface area contributed by atoms with Crippen LogP contribution in [0.3, 0.4) is 0 Å². The number of aliphatic hydroxyl groups excluding tert-OH is 1. The highest BCUT2D eigenvalue weighted by atomic mass is 32.2. The molecule has 1 aliphatic rings. The number of anilines is 1. The number of hydrogen-bond donors (Lipinski definition) is 3. The van der Waals surface area contributed by atoms with Crippen LogP contribution in [0.4, 0.5) is 10.1 Å². The second-order valence-corrected chi connectivity index (χ2v) is 5.88. The first-order chi connectivity index (χ1) is 7.88. The Morgan fingerprint density at radius 1 is 1.47 bits per heavy atom. The van der Waals surface area contributed by atoms with Gasteiger partial charge in [-0.25, -0.2) is 17.5 Å². The van der Waals surface area contributed by atoms with Crippen LogP contribution in [0, 0.1) is 5.82 Å². The van der Waals surface area contributed by atoms with Crippen LogP contribution in [0.5, 0.6) is 0 Å². The number of aliphatic hydroxyl groups is 1. The van der Waals surface area contributed by atoms with Crippen LogP contribution in [-0.2, 0) is 10.0 Å². The van der Waals surface area contributed by atoms with Crippen molar-refractivity contribution in [3.8, 4) is 0 Å². The van der Waals surface area contributed by atoms with E-state index in [1.54, 1.807) is 0 Å². The largest absolute Gasteiger partial charge is 0.399 e. The number of nitrogens with two attached hydrogens (primary N) is 1. The Labute approximate surface area is 98.5 Å². The first-order valence-corrected chi connectivity index (χ1v) is 6.57. The third-order valence-corrected chi connectivity index (χ3v) is 4.36. The van der Waals surface area contributed by atoms with Crippen molar-refractivity contribution in [2.45, 2.75) is 23.3 Å². The quantitative estimate of drug-likeness (QED) is 0.675. The van der Waals surface area contributed by atoms with E-state index in [0.717, 1.165) is 12.1 Å². The molecule has 17 heavy (non-hydrogen) atoms. The van der Waals surface area contributed by atoms with Gasteiger partial charge < -0.3 is 10.8 Å². The second-order valence-electron chi connectivity index (χ2n) is 4.23. The molecule has 4 N–H and O–H groups in total. The summed E-state index contributed by atoms with van der Waals surface area (Å²) < 4.78 is 39.5. The van der Waals surface area contributed by atoms with E-state index in [0.29, 0.717) is 12.8 Å². The van der Waals surface area contributed by atoms with E-state index in [4.69, 9.17) is 10.8 Å². The summed E-state index contributed by atoms with van der Waals surface area (Å²) in [6, 6.07) is 3.38. The topological polar surface area (TPSA) is 92.4 Å². The van der Waals surface area contributed by atoms with Gasteiger partial charge in [-0.05, 0) is 31.0 Å². The molecule has 0 unspecified atom stereocenters. The molecule has 0 spiro atoms. The zero-order chi connectivity index (χ0) is 12.7. The molecule has 1 aliphatic carbocycles. The van der Waals surface area contributed by atoms with Gasteiger partial charge in [0.2, 0.25) is 10.0 Å². The minimum atomic E-state index is -3.96. The molecule has 2 rings (SSSR count). The van der Waals surface area contributed by atoms with Crippen molar-refractivity contribution in [3.05, 3.63) is 24.0 Å². The zero-order valence-electron chi connectivity index (χ0n) is 8.98. The normalized spacial score (nSPS) is 18.0. The van der Waals surface area contributed by atoms with Crippen LogP contribution in [0.1, 0.15) is 12.8 Å². The standard InChI is InChI=1S/C10H13FN2O3S/c11-8-5-7(12)1-2-9(8)17(15,16)13-10(6-14)3-4-10/h1-2,5,13-14H,3-4,6,12H2. The van der Waals surface area contributed by atoms with E-state index in [2.05, 4.69) is 4.72 Å². The van der Waals surface area contributed by atoms with Crippen LogP contribution >= 0.6 is 0 Å². The van der Waals surface area contributed by atoms with Gasteiger partial charge >= 0.3 is 0 Å². The molecule has 1 fully saturated rings. The average Bonchev–Trinajstić information content (AvgIpc) is 2.97. The minimum absolute atomic E-state index is 0.157. The molecule has 0 aliphatic heterocycles. The second kappa shape index (κ2) is 3.94. The molecule has 1 aromatic carbocycles. The molecule has 0 saturated heterocycles. The van der Waals surface area contributed by atoms with Crippen molar-refractivity contribution < 1.29 is 17.9 Å². The van der Waals surface area contributed by atoms with Gasteiger partial charge in [-0.2, -0.15) is 0 Å². The van der Waals surface area contributed by atoms with Crippen LogP contribution in [0.15, 0.2) is 23.1 Å². The van der Waals surface area contributed by atoms with E-state index < -0.39 is 26.3 Å². The molecule has 1 saturated carbocycles. The summed E-state index contributed by atoms with van der Waals surface area (Å²) in [5.41, 5.74) is 4.69. The Bertz CT molecular complexity index is 540. The van der Waals surface area contributed by atoms with E-state index >= 15 is 0 Å². The van der Waals surface area contributed by atoms with E-state index in [9.17, 15) is 12.8 Å². The van der Waals surface area contributed by atoms with Crippen LogP contribution in [0.25, 0.3) is 0 Å². The number of hydrogen-bond acceptors (Lipinski definition) is 4. The van der Waals surface area contributed by atoms with Crippen molar-refractivity contribution in [2.75, 3.05) is 12.3 Å². The van der Waals surface area contributed by atoms with Gasteiger partial charge in [-0.1, -0.05) is 0 Å². The Morgan fingerprint density at radius 3 is 2.59 bits per heavy atom. The minimum Gasteiger partial charge on any atom is -0.399 e. The monoisotopic (exact) mass is 260 g/mol. The molecule has 0 heterocycles. The van der Waals surface area contributed by atoms with Crippen molar-refractivity contribution >= 4 is 15.7 Å². The summed E-state index contributed by atoms with van der Waals surface area (Å²) in [4.78, 5) is -0.452. The molecule has 0 bridgehead atoms. The third-order valence-electron chi connectivity index (χ3n) is 2.75. The summed E-state index contributed by atoms with van der Waals surface area (Å²) in [5, 5.41) is 9.04. The maximum atomic E-state index is 13.5. The van der Waals surface area contributed by atoms with Crippen molar-refractivity contribution in [2.24, 2.45) is 0 Å². The fourth-order valence-corrected chi connectivity index (χ4v) is 3.03. The highest BCUT2D eigenvalue weighted by molar-refractivity contribution is 7.89. The van der Waals surface area contributed by atoms with Crippen LogP contribution < -0.4 is 10.5 Å². The molecule has 7 heteroatoms. The number of rotatable bonds is 4. The van der Waals surface area contributed by atoms with Gasteiger partial charge in [0.15, 0.2) is 0 Å². The average molecular weight is 260 g/mol. The molecular weight excluding hydrogens is 247 g/mol. The molecule has 0 radical (unpaired) electrons. The Balaban J connectivity index is 2.32. The highest BCUT2D eigenvalue weighted by Crippen LogP contribution is 2.36.